The Morgan fingerprint density at radius 2 is 2.00 bits per heavy atom. The summed E-state index contributed by atoms with van der Waals surface area (Å²) >= 11 is 8.86. The molecule has 15 heavy (non-hydrogen) atoms. The van der Waals surface area contributed by atoms with E-state index in [1.54, 1.807) is 18.2 Å². The zero-order valence-corrected chi connectivity index (χ0v) is 10.3. The third-order valence-electron chi connectivity index (χ3n) is 1.72. The van der Waals surface area contributed by atoms with Crippen molar-refractivity contribution in [1.29, 1.82) is 0 Å². The number of hydrogen-bond acceptors (Lipinski definition) is 2. The Bertz CT molecular complexity index is 395. The van der Waals surface area contributed by atoms with Crippen LogP contribution in [-0.4, -0.2) is 17.1 Å². The van der Waals surface area contributed by atoms with E-state index in [4.69, 9.17) is 11.6 Å². The van der Waals surface area contributed by atoms with Crippen LogP contribution in [0.25, 0.3) is 0 Å². The third kappa shape index (κ3) is 3.32. The number of halogens is 2. The minimum atomic E-state index is -1.14. The van der Waals surface area contributed by atoms with E-state index >= 15 is 0 Å². The van der Waals surface area contributed by atoms with Crippen molar-refractivity contribution in [3.8, 4) is 0 Å². The van der Waals surface area contributed by atoms with Gasteiger partial charge < -0.3 is 5.32 Å². The molecule has 0 aliphatic rings. The van der Waals surface area contributed by atoms with E-state index in [-0.39, 0.29) is 5.78 Å². The van der Waals surface area contributed by atoms with Crippen LogP contribution in [0.2, 0.25) is 0 Å². The van der Waals surface area contributed by atoms with Gasteiger partial charge in [0.05, 0.1) is 5.69 Å². The molecular weight excluding hydrogens is 281 g/mol. The first-order valence-electron chi connectivity index (χ1n) is 4.22. The van der Waals surface area contributed by atoms with E-state index in [9.17, 15) is 9.59 Å². The van der Waals surface area contributed by atoms with Gasteiger partial charge in [-0.1, -0.05) is 12.1 Å². The summed E-state index contributed by atoms with van der Waals surface area (Å²) < 4.78 is 0.741. The number of hydrogen-bond donors (Lipinski definition) is 1. The number of benzene rings is 1. The molecule has 0 fully saturated rings. The van der Waals surface area contributed by atoms with Crippen molar-refractivity contribution >= 4 is 44.9 Å². The number of amides is 1. The molecule has 0 saturated carbocycles. The standard InChI is InChI=1S/C10H9BrClNO2/c1-6(14)9(12)10(15)13-8-5-3-2-4-7(8)11/h2-5,9H,1H3,(H,13,15). The fourth-order valence-electron chi connectivity index (χ4n) is 0.943. The van der Waals surface area contributed by atoms with E-state index in [0.29, 0.717) is 5.69 Å². The van der Waals surface area contributed by atoms with Crippen molar-refractivity contribution in [3.05, 3.63) is 28.7 Å². The second-order valence-corrected chi connectivity index (χ2v) is 4.23. The quantitative estimate of drug-likeness (QED) is 0.687. The van der Waals surface area contributed by atoms with Gasteiger partial charge >= 0.3 is 0 Å². The first kappa shape index (κ1) is 12.2. The molecule has 0 heterocycles. The highest BCUT2D eigenvalue weighted by Gasteiger charge is 2.20. The summed E-state index contributed by atoms with van der Waals surface area (Å²) in [7, 11) is 0. The molecule has 0 bridgehead atoms. The molecule has 0 saturated heterocycles. The summed E-state index contributed by atoms with van der Waals surface area (Å²) in [6.07, 6.45) is 0. The molecule has 1 aromatic rings. The Morgan fingerprint density at radius 3 is 2.53 bits per heavy atom. The molecule has 80 valence electrons. The highest BCUT2D eigenvalue weighted by molar-refractivity contribution is 9.10. The zero-order valence-electron chi connectivity index (χ0n) is 7.96. The number of ketones is 1. The Kier molecular flexibility index (Phi) is 4.29. The Balaban J connectivity index is 2.75. The monoisotopic (exact) mass is 289 g/mol. The van der Waals surface area contributed by atoms with Gasteiger partial charge in [0.25, 0.3) is 0 Å². The maximum atomic E-state index is 11.4. The van der Waals surface area contributed by atoms with E-state index < -0.39 is 11.3 Å². The highest BCUT2D eigenvalue weighted by atomic mass is 79.9. The average molecular weight is 291 g/mol. The molecule has 1 atom stereocenters. The molecule has 1 amide bonds. The van der Waals surface area contributed by atoms with Crippen LogP contribution in [0, 0.1) is 0 Å². The highest BCUT2D eigenvalue weighted by Crippen LogP contribution is 2.21. The van der Waals surface area contributed by atoms with Gasteiger partial charge in [-0.2, -0.15) is 0 Å². The van der Waals surface area contributed by atoms with E-state index in [0.717, 1.165) is 4.47 Å². The Morgan fingerprint density at radius 1 is 1.40 bits per heavy atom. The molecule has 1 N–H and O–H groups in total. The average Bonchev–Trinajstić information content (AvgIpc) is 2.20. The summed E-state index contributed by atoms with van der Waals surface area (Å²) in [5, 5.41) is 1.41. The van der Waals surface area contributed by atoms with Crippen LogP contribution < -0.4 is 5.32 Å². The Labute approximate surface area is 101 Å². The van der Waals surface area contributed by atoms with Crippen molar-refractivity contribution in [2.45, 2.75) is 12.3 Å². The number of para-hydroxylation sites is 1. The molecule has 0 aromatic heterocycles. The van der Waals surface area contributed by atoms with Crippen LogP contribution >= 0.6 is 27.5 Å². The van der Waals surface area contributed by atoms with Crippen molar-refractivity contribution in [1.82, 2.24) is 0 Å². The van der Waals surface area contributed by atoms with Crippen molar-refractivity contribution in [2.24, 2.45) is 0 Å². The lowest BCUT2D eigenvalue weighted by atomic mass is 10.2. The van der Waals surface area contributed by atoms with Gasteiger partial charge in [-0.15, -0.1) is 11.6 Å². The molecule has 5 heteroatoms. The van der Waals surface area contributed by atoms with Gasteiger partial charge in [0.15, 0.2) is 11.2 Å². The van der Waals surface area contributed by atoms with Crippen LogP contribution in [0.15, 0.2) is 28.7 Å². The molecule has 1 rings (SSSR count). The lowest BCUT2D eigenvalue weighted by Crippen LogP contribution is -2.28. The molecule has 1 aromatic carbocycles. The van der Waals surface area contributed by atoms with Crippen molar-refractivity contribution in [3.63, 3.8) is 0 Å². The fourth-order valence-corrected chi connectivity index (χ4v) is 1.38. The van der Waals surface area contributed by atoms with Crippen LogP contribution in [-0.2, 0) is 9.59 Å². The van der Waals surface area contributed by atoms with Crippen LogP contribution in [0.4, 0.5) is 5.69 Å². The second kappa shape index (κ2) is 5.28. The number of anilines is 1. The molecule has 0 aliphatic heterocycles. The number of alkyl halides is 1. The number of rotatable bonds is 3. The molecule has 0 aliphatic carbocycles. The van der Waals surface area contributed by atoms with Crippen LogP contribution in [0.1, 0.15) is 6.92 Å². The van der Waals surface area contributed by atoms with Gasteiger partial charge in [-0.05, 0) is 35.0 Å². The maximum absolute atomic E-state index is 11.4. The van der Waals surface area contributed by atoms with Crippen molar-refractivity contribution < 1.29 is 9.59 Å². The number of Topliss-reactive ketones (excluding diaryl/α,β-unsaturated/α-hetero) is 1. The SMILES string of the molecule is CC(=O)C(Cl)C(=O)Nc1ccccc1Br. The van der Waals surface area contributed by atoms with E-state index in [1.165, 1.54) is 6.92 Å². The summed E-state index contributed by atoms with van der Waals surface area (Å²) in [6, 6.07) is 7.10. The Hall–Kier alpha value is -0.870. The number of carbonyl (C=O) groups excluding carboxylic acids is 2. The van der Waals surface area contributed by atoms with Crippen LogP contribution in [0.3, 0.4) is 0 Å². The van der Waals surface area contributed by atoms with Crippen LogP contribution in [0.5, 0.6) is 0 Å². The summed E-state index contributed by atoms with van der Waals surface area (Å²) in [6.45, 7) is 1.28. The topological polar surface area (TPSA) is 46.2 Å². The first-order chi connectivity index (χ1) is 7.02. The number of carbonyl (C=O) groups is 2. The zero-order chi connectivity index (χ0) is 11.4. The fraction of sp³-hybridized carbons (Fsp3) is 0.200. The van der Waals surface area contributed by atoms with Gasteiger partial charge in [-0.3, -0.25) is 9.59 Å². The predicted molar refractivity (Wildman–Crippen MR) is 63.1 cm³/mol. The van der Waals surface area contributed by atoms with E-state index in [1.807, 2.05) is 6.07 Å². The first-order valence-corrected chi connectivity index (χ1v) is 5.45. The summed E-state index contributed by atoms with van der Waals surface area (Å²) in [5.74, 6) is -0.891. The largest absolute Gasteiger partial charge is 0.323 e. The van der Waals surface area contributed by atoms with Crippen molar-refractivity contribution in [2.75, 3.05) is 5.32 Å². The van der Waals surface area contributed by atoms with Gasteiger partial charge in [0, 0.05) is 4.47 Å². The second-order valence-electron chi connectivity index (χ2n) is 2.94. The summed E-state index contributed by atoms with van der Waals surface area (Å²) in [5.41, 5.74) is 0.592. The molecule has 3 nitrogen and oxygen atoms in total. The lowest BCUT2D eigenvalue weighted by Gasteiger charge is -2.08. The predicted octanol–water partition coefficient (Wildman–Crippen LogP) is 2.58. The smallest absolute Gasteiger partial charge is 0.250 e. The minimum Gasteiger partial charge on any atom is -0.323 e. The minimum absolute atomic E-state index is 0.374. The van der Waals surface area contributed by atoms with Gasteiger partial charge in [0.2, 0.25) is 5.91 Å². The van der Waals surface area contributed by atoms with Gasteiger partial charge in [-0.25, -0.2) is 0 Å². The molecule has 0 radical (unpaired) electrons. The third-order valence-corrected chi connectivity index (χ3v) is 2.92. The van der Waals surface area contributed by atoms with E-state index in [2.05, 4.69) is 21.2 Å². The lowest BCUT2D eigenvalue weighted by molar-refractivity contribution is -0.123. The van der Waals surface area contributed by atoms with Gasteiger partial charge in [0.1, 0.15) is 0 Å². The molecular formula is C10H9BrClNO2. The maximum Gasteiger partial charge on any atom is 0.250 e. The summed E-state index contributed by atoms with van der Waals surface area (Å²) in [4.78, 5) is 22.3. The normalized spacial score (nSPS) is 11.9. The molecule has 0 spiro atoms. The molecule has 1 unspecified atom stereocenters. The number of nitrogens with one attached hydrogen (secondary N) is 1.